The minimum atomic E-state index is -0.165. The van der Waals surface area contributed by atoms with Crippen molar-refractivity contribution in [2.24, 2.45) is 0 Å². The molecule has 0 bridgehead atoms. The van der Waals surface area contributed by atoms with Crippen LogP contribution in [0.2, 0.25) is 10.0 Å². The third-order valence-corrected chi connectivity index (χ3v) is 5.00. The lowest BCUT2D eigenvalue weighted by Gasteiger charge is -2.33. The third-order valence-electron chi connectivity index (χ3n) is 4.34. The highest BCUT2D eigenvalue weighted by Crippen LogP contribution is 2.25. The van der Waals surface area contributed by atoms with Crippen molar-refractivity contribution in [1.82, 2.24) is 15.0 Å². The zero-order valence-corrected chi connectivity index (χ0v) is 16.8. The van der Waals surface area contributed by atoms with Crippen LogP contribution in [0.1, 0.15) is 11.3 Å². The van der Waals surface area contributed by atoms with Crippen LogP contribution in [-0.4, -0.2) is 59.5 Å². The lowest BCUT2D eigenvalue weighted by Crippen LogP contribution is -2.50. The molecule has 0 unspecified atom stereocenters. The number of aryl methyl sites for hydroxylation is 1. The lowest BCUT2D eigenvalue weighted by molar-refractivity contribution is -0.127. The molecule has 0 radical (unpaired) electrons. The van der Waals surface area contributed by atoms with Gasteiger partial charge in [-0.05, 0) is 25.1 Å². The maximum atomic E-state index is 12.4. The van der Waals surface area contributed by atoms with Crippen LogP contribution in [0.4, 0.5) is 5.82 Å². The molecule has 0 atom stereocenters. The first kappa shape index (κ1) is 20.4. The van der Waals surface area contributed by atoms with E-state index < -0.39 is 0 Å². The Bertz CT molecular complexity index is 869. The Labute approximate surface area is 172 Å². The molecule has 0 saturated carbocycles. The first-order chi connectivity index (χ1) is 13.4. The largest absolute Gasteiger partial charge is 0.360 e. The molecule has 2 amide bonds. The second-order valence-electron chi connectivity index (χ2n) is 6.44. The molecule has 7 nitrogen and oxygen atoms in total. The van der Waals surface area contributed by atoms with E-state index in [1.54, 1.807) is 42.2 Å². The van der Waals surface area contributed by atoms with Gasteiger partial charge in [-0.25, -0.2) is 0 Å². The van der Waals surface area contributed by atoms with Crippen LogP contribution in [-0.2, 0) is 9.59 Å². The predicted octanol–water partition coefficient (Wildman–Crippen LogP) is 3.09. The minimum Gasteiger partial charge on any atom is -0.360 e. The Morgan fingerprint density at radius 3 is 2.50 bits per heavy atom. The molecular formula is C19H20Cl2N4O3. The van der Waals surface area contributed by atoms with E-state index in [1.807, 2.05) is 4.90 Å². The normalized spacial score (nSPS) is 15.2. The molecule has 1 saturated heterocycles. The highest BCUT2D eigenvalue weighted by atomic mass is 35.5. The number of benzene rings is 1. The SMILES string of the molecule is Cc1cc(NC(=O)CN2CCN(C(=O)/C=C/c3c(Cl)cccc3Cl)CC2)no1. The molecule has 1 aromatic heterocycles. The van der Waals surface area contributed by atoms with Gasteiger partial charge in [-0.15, -0.1) is 0 Å². The summed E-state index contributed by atoms with van der Waals surface area (Å²) in [7, 11) is 0. The fourth-order valence-electron chi connectivity index (χ4n) is 2.87. The van der Waals surface area contributed by atoms with Gasteiger partial charge in [0, 0.05) is 53.9 Å². The molecule has 1 fully saturated rings. The van der Waals surface area contributed by atoms with Crippen LogP contribution in [0.5, 0.6) is 0 Å². The number of hydrogen-bond acceptors (Lipinski definition) is 5. The summed E-state index contributed by atoms with van der Waals surface area (Å²) in [5, 5.41) is 7.42. The quantitative estimate of drug-likeness (QED) is 0.748. The molecule has 1 aromatic carbocycles. The highest BCUT2D eigenvalue weighted by molar-refractivity contribution is 6.37. The molecule has 9 heteroatoms. The smallest absolute Gasteiger partial charge is 0.246 e. The number of carbonyl (C=O) groups excluding carboxylic acids is 2. The number of rotatable bonds is 5. The zero-order valence-electron chi connectivity index (χ0n) is 15.3. The summed E-state index contributed by atoms with van der Waals surface area (Å²) in [4.78, 5) is 28.2. The molecule has 2 heterocycles. The number of nitrogens with zero attached hydrogens (tertiary/aromatic N) is 3. The molecule has 148 valence electrons. The summed E-state index contributed by atoms with van der Waals surface area (Å²) in [5.41, 5.74) is 0.623. The first-order valence-electron chi connectivity index (χ1n) is 8.79. The van der Waals surface area contributed by atoms with Crippen molar-refractivity contribution in [3.05, 3.63) is 51.7 Å². The third kappa shape index (κ3) is 5.34. The molecule has 1 N–H and O–H groups in total. The van der Waals surface area contributed by atoms with E-state index in [4.69, 9.17) is 27.7 Å². The Morgan fingerprint density at radius 1 is 1.21 bits per heavy atom. The highest BCUT2D eigenvalue weighted by Gasteiger charge is 2.21. The van der Waals surface area contributed by atoms with Crippen molar-refractivity contribution in [3.8, 4) is 0 Å². The van der Waals surface area contributed by atoms with E-state index in [0.29, 0.717) is 53.4 Å². The van der Waals surface area contributed by atoms with E-state index in [2.05, 4.69) is 10.5 Å². The number of anilines is 1. The maximum Gasteiger partial charge on any atom is 0.246 e. The summed E-state index contributed by atoms with van der Waals surface area (Å²) in [6.07, 6.45) is 3.11. The van der Waals surface area contributed by atoms with Crippen LogP contribution in [0, 0.1) is 6.92 Å². The molecule has 2 aromatic rings. The van der Waals surface area contributed by atoms with Crippen molar-refractivity contribution in [2.75, 3.05) is 38.0 Å². The fourth-order valence-corrected chi connectivity index (χ4v) is 3.39. The molecule has 28 heavy (non-hydrogen) atoms. The summed E-state index contributed by atoms with van der Waals surface area (Å²) in [6, 6.07) is 6.86. The Balaban J connectivity index is 1.47. The van der Waals surface area contributed by atoms with Crippen molar-refractivity contribution < 1.29 is 14.1 Å². The average Bonchev–Trinajstić information content (AvgIpc) is 3.06. The summed E-state index contributed by atoms with van der Waals surface area (Å²) in [5.74, 6) is 0.757. The van der Waals surface area contributed by atoms with Crippen LogP contribution in [0.15, 0.2) is 34.9 Å². The van der Waals surface area contributed by atoms with Crippen LogP contribution in [0.25, 0.3) is 6.08 Å². The molecule has 1 aliphatic rings. The van der Waals surface area contributed by atoms with Gasteiger partial charge < -0.3 is 14.7 Å². The van der Waals surface area contributed by atoms with Gasteiger partial charge in [-0.1, -0.05) is 34.4 Å². The van der Waals surface area contributed by atoms with E-state index in [-0.39, 0.29) is 18.4 Å². The van der Waals surface area contributed by atoms with Gasteiger partial charge in [0.15, 0.2) is 5.82 Å². The number of aromatic nitrogens is 1. The molecule has 0 spiro atoms. The molecule has 0 aliphatic carbocycles. The van der Waals surface area contributed by atoms with Crippen LogP contribution in [0.3, 0.4) is 0 Å². The molecule has 3 rings (SSSR count). The summed E-state index contributed by atoms with van der Waals surface area (Å²) >= 11 is 12.2. The van der Waals surface area contributed by atoms with Crippen molar-refractivity contribution in [2.45, 2.75) is 6.92 Å². The van der Waals surface area contributed by atoms with E-state index in [0.717, 1.165) is 0 Å². The topological polar surface area (TPSA) is 78.7 Å². The van der Waals surface area contributed by atoms with Gasteiger partial charge in [0.2, 0.25) is 11.8 Å². The van der Waals surface area contributed by atoms with Gasteiger partial charge in [0.05, 0.1) is 6.54 Å². The average molecular weight is 423 g/mol. The number of hydrogen-bond donors (Lipinski definition) is 1. The second-order valence-corrected chi connectivity index (χ2v) is 7.26. The minimum absolute atomic E-state index is 0.113. The molecular weight excluding hydrogens is 403 g/mol. The van der Waals surface area contributed by atoms with Gasteiger partial charge >= 0.3 is 0 Å². The van der Waals surface area contributed by atoms with Gasteiger partial charge in [0.25, 0.3) is 0 Å². The second kappa shape index (κ2) is 9.23. The van der Waals surface area contributed by atoms with Crippen LogP contribution >= 0.6 is 23.2 Å². The predicted molar refractivity (Wildman–Crippen MR) is 108 cm³/mol. The number of carbonyl (C=O) groups is 2. The van der Waals surface area contributed by atoms with Gasteiger partial charge in [-0.3, -0.25) is 14.5 Å². The monoisotopic (exact) mass is 422 g/mol. The summed E-state index contributed by atoms with van der Waals surface area (Å²) < 4.78 is 4.92. The number of piperazine rings is 1. The lowest BCUT2D eigenvalue weighted by atomic mass is 10.2. The first-order valence-corrected chi connectivity index (χ1v) is 9.54. The van der Waals surface area contributed by atoms with Crippen molar-refractivity contribution in [3.63, 3.8) is 0 Å². The van der Waals surface area contributed by atoms with E-state index in [1.165, 1.54) is 6.08 Å². The standard InChI is InChI=1S/C19H20Cl2N4O3/c1-13-11-17(23-28-13)22-18(26)12-24-7-9-25(10-8-24)19(27)6-5-14-15(20)3-2-4-16(14)21/h2-6,11H,7-10,12H2,1H3,(H,22,23,26)/b6-5+. The summed E-state index contributed by atoms with van der Waals surface area (Å²) in [6.45, 7) is 4.28. The van der Waals surface area contributed by atoms with Crippen molar-refractivity contribution in [1.29, 1.82) is 0 Å². The number of amides is 2. The van der Waals surface area contributed by atoms with Gasteiger partial charge in [-0.2, -0.15) is 0 Å². The molecule has 1 aliphatic heterocycles. The van der Waals surface area contributed by atoms with Gasteiger partial charge in [0.1, 0.15) is 5.76 Å². The Morgan fingerprint density at radius 2 is 1.89 bits per heavy atom. The Hall–Kier alpha value is -2.35. The number of nitrogens with one attached hydrogen (secondary N) is 1. The van der Waals surface area contributed by atoms with E-state index in [9.17, 15) is 9.59 Å². The van der Waals surface area contributed by atoms with Crippen LogP contribution < -0.4 is 5.32 Å². The van der Waals surface area contributed by atoms with Crippen molar-refractivity contribution >= 4 is 46.9 Å². The maximum absolute atomic E-state index is 12.4. The van der Waals surface area contributed by atoms with E-state index >= 15 is 0 Å². The fraction of sp³-hybridized carbons (Fsp3) is 0.316. The zero-order chi connectivity index (χ0) is 20.1. The number of halogens is 2. The Kier molecular flexibility index (Phi) is 6.72.